The lowest BCUT2D eigenvalue weighted by molar-refractivity contribution is -0.139. The van der Waals surface area contributed by atoms with E-state index in [1.54, 1.807) is 18.2 Å². The second kappa shape index (κ2) is 9.28. The molecule has 0 aromatic heterocycles. The van der Waals surface area contributed by atoms with Crippen LogP contribution in [0.15, 0.2) is 48.5 Å². The highest BCUT2D eigenvalue weighted by Crippen LogP contribution is 2.42. The Morgan fingerprint density at radius 2 is 1.86 bits per heavy atom. The molecule has 1 heterocycles. The van der Waals surface area contributed by atoms with Crippen molar-refractivity contribution in [2.45, 2.75) is 12.5 Å². The Bertz CT molecular complexity index is 805. The number of benzene rings is 2. The topological polar surface area (TPSA) is 74.2 Å². The fourth-order valence-corrected chi connectivity index (χ4v) is 3.12. The van der Waals surface area contributed by atoms with Crippen LogP contribution in [-0.4, -0.2) is 38.5 Å². The van der Waals surface area contributed by atoms with Crippen molar-refractivity contribution in [3.63, 3.8) is 0 Å². The molecule has 0 radical (unpaired) electrons. The Balaban J connectivity index is 1.54. The maximum atomic E-state index is 11.9. The number of phenols is 1. The zero-order valence-electron chi connectivity index (χ0n) is 16.0. The SMILES string of the molecule is COc1cc(C2C[C@@H](COC(=O)/C=C/c3ccccc3)CO2)cc(OC)c1O. The monoisotopic (exact) mass is 384 g/mol. The van der Waals surface area contributed by atoms with Gasteiger partial charge in [0.25, 0.3) is 0 Å². The highest BCUT2D eigenvalue weighted by molar-refractivity contribution is 5.87. The summed E-state index contributed by atoms with van der Waals surface area (Å²) in [5, 5.41) is 10.0. The molecule has 148 valence electrons. The molecule has 1 fully saturated rings. The molecule has 1 saturated heterocycles. The summed E-state index contributed by atoms with van der Waals surface area (Å²) >= 11 is 0. The van der Waals surface area contributed by atoms with Gasteiger partial charge in [-0.1, -0.05) is 30.3 Å². The van der Waals surface area contributed by atoms with E-state index in [2.05, 4.69) is 0 Å². The van der Waals surface area contributed by atoms with Crippen LogP contribution in [0.4, 0.5) is 0 Å². The molecule has 28 heavy (non-hydrogen) atoms. The van der Waals surface area contributed by atoms with Crippen molar-refractivity contribution in [1.29, 1.82) is 0 Å². The summed E-state index contributed by atoms with van der Waals surface area (Å²) in [7, 11) is 2.97. The summed E-state index contributed by atoms with van der Waals surface area (Å²) in [6.45, 7) is 0.784. The van der Waals surface area contributed by atoms with Crippen LogP contribution in [-0.2, 0) is 14.3 Å². The van der Waals surface area contributed by atoms with Gasteiger partial charge in [-0.2, -0.15) is 0 Å². The average molecular weight is 384 g/mol. The van der Waals surface area contributed by atoms with E-state index in [0.29, 0.717) is 31.1 Å². The second-order valence-electron chi connectivity index (χ2n) is 6.57. The number of carbonyl (C=O) groups excluding carboxylic acids is 1. The molecule has 1 aliphatic heterocycles. The normalized spacial score (nSPS) is 18.9. The Morgan fingerprint density at radius 1 is 1.18 bits per heavy atom. The summed E-state index contributed by atoms with van der Waals surface area (Å²) in [4.78, 5) is 11.9. The predicted molar refractivity (Wildman–Crippen MR) is 104 cm³/mol. The predicted octanol–water partition coefficient (Wildman–Crippen LogP) is 3.74. The van der Waals surface area contributed by atoms with Crippen molar-refractivity contribution in [3.05, 3.63) is 59.7 Å². The molecule has 2 aromatic rings. The van der Waals surface area contributed by atoms with Crippen LogP contribution in [0.3, 0.4) is 0 Å². The van der Waals surface area contributed by atoms with Gasteiger partial charge in [0, 0.05) is 12.0 Å². The van der Waals surface area contributed by atoms with Gasteiger partial charge in [-0.3, -0.25) is 0 Å². The summed E-state index contributed by atoms with van der Waals surface area (Å²) < 4.78 is 21.6. The van der Waals surface area contributed by atoms with E-state index < -0.39 is 0 Å². The van der Waals surface area contributed by atoms with Crippen LogP contribution in [0.1, 0.15) is 23.7 Å². The third-order valence-electron chi connectivity index (χ3n) is 4.63. The summed E-state index contributed by atoms with van der Waals surface area (Å²) in [6, 6.07) is 13.0. The van der Waals surface area contributed by atoms with Gasteiger partial charge in [-0.05, 0) is 35.8 Å². The number of esters is 1. The van der Waals surface area contributed by atoms with Crippen LogP contribution in [0.5, 0.6) is 17.2 Å². The van der Waals surface area contributed by atoms with Gasteiger partial charge in [-0.15, -0.1) is 0 Å². The molecular formula is C22H24O6. The number of methoxy groups -OCH3 is 2. The Hall–Kier alpha value is -2.99. The first kappa shape index (κ1) is 19.8. The number of carbonyl (C=O) groups is 1. The maximum absolute atomic E-state index is 11.9. The zero-order chi connectivity index (χ0) is 19.9. The lowest BCUT2D eigenvalue weighted by Crippen LogP contribution is -2.12. The molecule has 6 heteroatoms. The molecule has 1 N–H and O–H groups in total. The highest BCUT2D eigenvalue weighted by Gasteiger charge is 2.29. The number of rotatable bonds is 7. The zero-order valence-corrected chi connectivity index (χ0v) is 16.0. The average Bonchev–Trinajstić information content (AvgIpc) is 3.20. The van der Waals surface area contributed by atoms with Gasteiger partial charge in [0.2, 0.25) is 5.75 Å². The Kier molecular flexibility index (Phi) is 6.55. The molecule has 0 saturated carbocycles. The summed E-state index contributed by atoms with van der Waals surface area (Å²) in [5.74, 6) is 0.352. The van der Waals surface area contributed by atoms with E-state index in [-0.39, 0.29) is 23.7 Å². The van der Waals surface area contributed by atoms with Crippen molar-refractivity contribution in [1.82, 2.24) is 0 Å². The number of aromatic hydroxyl groups is 1. The molecule has 2 aromatic carbocycles. The number of ether oxygens (including phenoxy) is 4. The van der Waals surface area contributed by atoms with Crippen LogP contribution in [0, 0.1) is 5.92 Å². The molecule has 0 spiro atoms. The van der Waals surface area contributed by atoms with Gasteiger partial charge in [-0.25, -0.2) is 4.79 Å². The summed E-state index contributed by atoms with van der Waals surface area (Å²) in [5.41, 5.74) is 1.79. The Morgan fingerprint density at radius 3 is 2.50 bits per heavy atom. The third kappa shape index (κ3) is 4.84. The molecule has 3 rings (SSSR count). The van der Waals surface area contributed by atoms with Crippen molar-refractivity contribution in [2.24, 2.45) is 5.92 Å². The van der Waals surface area contributed by atoms with Crippen LogP contribution < -0.4 is 9.47 Å². The first-order valence-corrected chi connectivity index (χ1v) is 9.07. The van der Waals surface area contributed by atoms with Gasteiger partial charge in [0.1, 0.15) is 0 Å². The second-order valence-corrected chi connectivity index (χ2v) is 6.57. The van der Waals surface area contributed by atoms with E-state index in [4.69, 9.17) is 18.9 Å². The highest BCUT2D eigenvalue weighted by atomic mass is 16.5. The molecule has 6 nitrogen and oxygen atoms in total. The molecule has 0 bridgehead atoms. The minimum atomic E-state index is -0.375. The molecule has 1 aliphatic rings. The minimum absolute atomic E-state index is 0.0394. The fraction of sp³-hybridized carbons (Fsp3) is 0.318. The molecule has 1 unspecified atom stereocenters. The number of phenolic OH excluding ortho intramolecular Hbond substituents is 1. The van der Waals surface area contributed by atoms with Crippen molar-refractivity contribution < 1.29 is 28.8 Å². The van der Waals surface area contributed by atoms with Crippen molar-refractivity contribution in [2.75, 3.05) is 27.4 Å². The molecule has 0 amide bonds. The van der Waals surface area contributed by atoms with E-state index in [9.17, 15) is 9.90 Å². The molecule has 0 aliphatic carbocycles. The molecule has 2 atom stereocenters. The minimum Gasteiger partial charge on any atom is -0.502 e. The summed E-state index contributed by atoms with van der Waals surface area (Å²) in [6.07, 6.45) is 3.68. The lowest BCUT2D eigenvalue weighted by Gasteiger charge is -2.15. The Labute approximate surface area is 164 Å². The van der Waals surface area contributed by atoms with E-state index >= 15 is 0 Å². The van der Waals surface area contributed by atoms with Crippen LogP contribution in [0.2, 0.25) is 0 Å². The van der Waals surface area contributed by atoms with Gasteiger partial charge < -0.3 is 24.1 Å². The lowest BCUT2D eigenvalue weighted by atomic mass is 10.0. The first-order chi connectivity index (χ1) is 13.6. The number of hydrogen-bond acceptors (Lipinski definition) is 6. The number of hydrogen-bond donors (Lipinski definition) is 1. The largest absolute Gasteiger partial charge is 0.502 e. The van der Waals surface area contributed by atoms with Crippen molar-refractivity contribution in [3.8, 4) is 17.2 Å². The fourth-order valence-electron chi connectivity index (χ4n) is 3.12. The first-order valence-electron chi connectivity index (χ1n) is 9.07. The van der Waals surface area contributed by atoms with E-state index in [1.165, 1.54) is 20.3 Å². The van der Waals surface area contributed by atoms with Crippen molar-refractivity contribution >= 4 is 12.0 Å². The van der Waals surface area contributed by atoms with E-state index in [1.807, 2.05) is 30.3 Å². The maximum Gasteiger partial charge on any atom is 0.330 e. The van der Waals surface area contributed by atoms with Gasteiger partial charge >= 0.3 is 5.97 Å². The van der Waals surface area contributed by atoms with Gasteiger partial charge in [0.15, 0.2) is 11.5 Å². The standard InChI is InChI=1S/C22H24O6/c1-25-19-11-17(12-20(26-2)22(19)24)18-10-16(13-27-18)14-28-21(23)9-8-15-6-4-3-5-7-15/h3-9,11-12,16,18,24H,10,13-14H2,1-2H3/b9-8+/t16-,18?/m1/s1. The molecular weight excluding hydrogens is 360 g/mol. The smallest absolute Gasteiger partial charge is 0.330 e. The van der Waals surface area contributed by atoms with Crippen LogP contribution >= 0.6 is 0 Å². The van der Waals surface area contributed by atoms with Crippen LogP contribution in [0.25, 0.3) is 6.08 Å². The van der Waals surface area contributed by atoms with Gasteiger partial charge in [0.05, 0.1) is 33.5 Å². The third-order valence-corrected chi connectivity index (χ3v) is 4.63. The quantitative estimate of drug-likeness (QED) is 0.579. The van der Waals surface area contributed by atoms with E-state index in [0.717, 1.165) is 11.1 Å².